The normalized spacial score (nSPS) is 15.4. The summed E-state index contributed by atoms with van der Waals surface area (Å²) < 4.78 is 0. The van der Waals surface area contributed by atoms with Crippen LogP contribution in [-0.4, -0.2) is 33.9 Å². The summed E-state index contributed by atoms with van der Waals surface area (Å²) in [5, 5.41) is 3.40. The third kappa shape index (κ3) is 4.00. The Bertz CT molecular complexity index is 706. The molecule has 0 aliphatic carbocycles. The van der Waals surface area contributed by atoms with E-state index in [1.807, 2.05) is 19.9 Å². The maximum Gasteiger partial charge on any atom is 0.228 e. The minimum atomic E-state index is -0.0235. The van der Waals surface area contributed by atoms with E-state index in [1.54, 1.807) is 12.1 Å². The molecule has 7 heteroatoms. The van der Waals surface area contributed by atoms with Gasteiger partial charge in [0.25, 0.3) is 0 Å². The van der Waals surface area contributed by atoms with Crippen molar-refractivity contribution in [3.63, 3.8) is 0 Å². The van der Waals surface area contributed by atoms with Crippen LogP contribution in [0.15, 0.2) is 24.4 Å². The van der Waals surface area contributed by atoms with Gasteiger partial charge in [-0.2, -0.15) is 0 Å². The Balaban J connectivity index is 1.58. The molecule has 0 saturated carbocycles. The molecule has 1 N–H and O–H groups in total. The Kier molecular flexibility index (Phi) is 4.94. The fourth-order valence-corrected chi connectivity index (χ4v) is 2.98. The van der Waals surface area contributed by atoms with Crippen LogP contribution in [0.4, 0.5) is 11.8 Å². The number of anilines is 2. The fourth-order valence-electron chi connectivity index (χ4n) is 2.87. The zero-order valence-corrected chi connectivity index (χ0v) is 14.5. The fraction of sp³-hybridized carbons (Fsp3) is 0.412. The van der Waals surface area contributed by atoms with Crippen LogP contribution >= 0.6 is 11.6 Å². The largest absolute Gasteiger partial charge is 0.341 e. The van der Waals surface area contributed by atoms with Crippen LogP contribution in [0, 0.1) is 19.8 Å². The second kappa shape index (κ2) is 7.13. The highest BCUT2D eigenvalue weighted by Crippen LogP contribution is 2.22. The van der Waals surface area contributed by atoms with Gasteiger partial charge in [0.15, 0.2) is 0 Å². The number of halogens is 1. The van der Waals surface area contributed by atoms with Gasteiger partial charge in [-0.3, -0.25) is 4.79 Å². The molecule has 1 aliphatic rings. The summed E-state index contributed by atoms with van der Waals surface area (Å²) in [5.74, 6) is 1.27. The molecule has 126 valence electrons. The number of pyridine rings is 1. The number of carbonyl (C=O) groups is 1. The molecule has 1 amide bonds. The van der Waals surface area contributed by atoms with Gasteiger partial charge in [0.2, 0.25) is 11.9 Å². The van der Waals surface area contributed by atoms with E-state index in [-0.39, 0.29) is 11.8 Å². The molecule has 0 bridgehead atoms. The lowest BCUT2D eigenvalue weighted by Crippen LogP contribution is -2.39. The third-order valence-corrected chi connectivity index (χ3v) is 4.32. The molecule has 2 aromatic heterocycles. The molecule has 24 heavy (non-hydrogen) atoms. The van der Waals surface area contributed by atoms with E-state index >= 15 is 0 Å². The average molecular weight is 346 g/mol. The van der Waals surface area contributed by atoms with E-state index in [2.05, 4.69) is 25.2 Å². The number of nitrogens with zero attached hydrogens (tertiary/aromatic N) is 4. The minimum absolute atomic E-state index is 0.00538. The molecular formula is C17H20ClN5O. The number of aryl methyl sites for hydroxylation is 2. The van der Waals surface area contributed by atoms with Crippen LogP contribution in [0.2, 0.25) is 5.02 Å². The van der Waals surface area contributed by atoms with E-state index in [4.69, 9.17) is 11.6 Å². The van der Waals surface area contributed by atoms with Gasteiger partial charge in [0.05, 0.1) is 5.02 Å². The predicted octanol–water partition coefficient (Wildman–Crippen LogP) is 3.00. The van der Waals surface area contributed by atoms with Crippen molar-refractivity contribution < 1.29 is 4.79 Å². The number of rotatable bonds is 3. The van der Waals surface area contributed by atoms with Gasteiger partial charge in [-0.25, -0.2) is 15.0 Å². The van der Waals surface area contributed by atoms with Gasteiger partial charge in [0.1, 0.15) is 5.82 Å². The molecule has 1 saturated heterocycles. The summed E-state index contributed by atoms with van der Waals surface area (Å²) in [7, 11) is 0. The highest BCUT2D eigenvalue weighted by molar-refractivity contribution is 6.30. The summed E-state index contributed by atoms with van der Waals surface area (Å²) in [4.78, 5) is 27.6. The van der Waals surface area contributed by atoms with Gasteiger partial charge < -0.3 is 10.2 Å². The lowest BCUT2D eigenvalue weighted by atomic mass is 9.96. The van der Waals surface area contributed by atoms with E-state index in [0.29, 0.717) is 10.8 Å². The van der Waals surface area contributed by atoms with E-state index < -0.39 is 0 Å². The first-order valence-corrected chi connectivity index (χ1v) is 8.39. The Morgan fingerprint density at radius 1 is 1.21 bits per heavy atom. The SMILES string of the molecule is Cc1cc(C)nc(N2CCC(C(=O)Nc3ccc(Cl)cn3)CC2)n1. The van der Waals surface area contributed by atoms with E-state index in [1.165, 1.54) is 6.20 Å². The number of hydrogen-bond acceptors (Lipinski definition) is 5. The van der Waals surface area contributed by atoms with Crippen molar-refractivity contribution in [2.75, 3.05) is 23.3 Å². The standard InChI is InChI=1S/C17H20ClN5O/c1-11-9-12(2)21-17(20-11)23-7-5-13(6-8-23)16(24)22-15-4-3-14(18)10-19-15/h3-4,9-10,13H,5-8H2,1-2H3,(H,19,22,24). The van der Waals surface area contributed by atoms with Crippen molar-refractivity contribution >= 4 is 29.3 Å². The molecule has 0 spiro atoms. The van der Waals surface area contributed by atoms with Crippen molar-refractivity contribution in [2.45, 2.75) is 26.7 Å². The first-order valence-electron chi connectivity index (χ1n) is 8.01. The first kappa shape index (κ1) is 16.6. The topological polar surface area (TPSA) is 71.0 Å². The number of nitrogens with one attached hydrogen (secondary N) is 1. The number of carbonyl (C=O) groups excluding carboxylic acids is 1. The van der Waals surface area contributed by atoms with Crippen LogP contribution in [-0.2, 0) is 4.79 Å². The summed E-state index contributed by atoms with van der Waals surface area (Å²) in [5.41, 5.74) is 1.93. The van der Waals surface area contributed by atoms with Crippen molar-refractivity contribution in [2.24, 2.45) is 5.92 Å². The molecule has 0 atom stereocenters. The smallest absolute Gasteiger partial charge is 0.228 e. The minimum Gasteiger partial charge on any atom is -0.341 e. The number of hydrogen-bond donors (Lipinski definition) is 1. The molecule has 1 aliphatic heterocycles. The molecule has 6 nitrogen and oxygen atoms in total. The second-order valence-electron chi connectivity index (χ2n) is 6.06. The maximum absolute atomic E-state index is 12.4. The van der Waals surface area contributed by atoms with Gasteiger partial charge in [-0.05, 0) is 44.9 Å². The first-order chi connectivity index (χ1) is 11.5. The van der Waals surface area contributed by atoms with Crippen LogP contribution < -0.4 is 10.2 Å². The molecule has 2 aromatic rings. The van der Waals surface area contributed by atoms with Gasteiger partial charge in [0, 0.05) is 36.6 Å². The van der Waals surface area contributed by atoms with Crippen LogP contribution in [0.25, 0.3) is 0 Å². The van der Waals surface area contributed by atoms with Crippen LogP contribution in [0.1, 0.15) is 24.2 Å². The van der Waals surface area contributed by atoms with Crippen molar-refractivity contribution in [1.29, 1.82) is 0 Å². The summed E-state index contributed by atoms with van der Waals surface area (Å²) >= 11 is 5.80. The molecule has 0 aromatic carbocycles. The monoisotopic (exact) mass is 345 g/mol. The van der Waals surface area contributed by atoms with Crippen molar-refractivity contribution in [3.05, 3.63) is 40.8 Å². The zero-order valence-electron chi connectivity index (χ0n) is 13.8. The van der Waals surface area contributed by atoms with Crippen molar-refractivity contribution in [3.8, 4) is 0 Å². The van der Waals surface area contributed by atoms with E-state index in [0.717, 1.165) is 43.3 Å². The van der Waals surface area contributed by atoms with Crippen LogP contribution in [0.3, 0.4) is 0 Å². The molecule has 3 heterocycles. The predicted molar refractivity (Wildman–Crippen MR) is 94.3 cm³/mol. The number of amides is 1. The Hall–Kier alpha value is -2.21. The Morgan fingerprint density at radius 3 is 2.46 bits per heavy atom. The van der Waals surface area contributed by atoms with Crippen molar-refractivity contribution in [1.82, 2.24) is 15.0 Å². The third-order valence-electron chi connectivity index (χ3n) is 4.10. The average Bonchev–Trinajstić information content (AvgIpc) is 2.56. The molecule has 0 unspecified atom stereocenters. The van der Waals surface area contributed by atoms with Gasteiger partial charge in [-0.15, -0.1) is 0 Å². The molecule has 0 radical (unpaired) electrons. The number of aromatic nitrogens is 3. The Labute approximate surface area is 146 Å². The Morgan fingerprint density at radius 2 is 1.88 bits per heavy atom. The van der Waals surface area contributed by atoms with Gasteiger partial charge >= 0.3 is 0 Å². The van der Waals surface area contributed by atoms with Gasteiger partial charge in [-0.1, -0.05) is 11.6 Å². The van der Waals surface area contributed by atoms with Crippen LogP contribution in [0.5, 0.6) is 0 Å². The van der Waals surface area contributed by atoms with E-state index in [9.17, 15) is 4.79 Å². The quantitative estimate of drug-likeness (QED) is 0.925. The molecule has 3 rings (SSSR count). The highest BCUT2D eigenvalue weighted by atomic mass is 35.5. The second-order valence-corrected chi connectivity index (χ2v) is 6.50. The maximum atomic E-state index is 12.4. The summed E-state index contributed by atoms with van der Waals surface area (Å²) in [6.45, 7) is 5.49. The zero-order chi connectivity index (χ0) is 17.1. The lowest BCUT2D eigenvalue weighted by molar-refractivity contribution is -0.120. The lowest BCUT2D eigenvalue weighted by Gasteiger charge is -2.31. The molecule has 1 fully saturated rings. The summed E-state index contributed by atoms with van der Waals surface area (Å²) in [6.07, 6.45) is 3.07. The number of piperidine rings is 1. The highest BCUT2D eigenvalue weighted by Gasteiger charge is 2.26. The summed E-state index contributed by atoms with van der Waals surface area (Å²) in [6, 6.07) is 5.38. The molecular weight excluding hydrogens is 326 g/mol.